The minimum Gasteiger partial charge on any atom is -0.488 e. The third-order valence-corrected chi connectivity index (χ3v) is 7.72. The van der Waals surface area contributed by atoms with E-state index in [9.17, 15) is 13.6 Å². The zero-order chi connectivity index (χ0) is 29.8. The molecule has 2 amide bonds. The molecule has 3 aromatic carbocycles. The number of aryl methyl sites for hydroxylation is 1. The lowest BCUT2D eigenvalue weighted by Gasteiger charge is -2.28. The summed E-state index contributed by atoms with van der Waals surface area (Å²) in [6.45, 7) is 10.3. The number of amides is 2. The summed E-state index contributed by atoms with van der Waals surface area (Å²) < 4.78 is 39.6. The standard InChI is InChI=1S/C25H21F2N3O2.C8H15NO/c1-14-6-7-16(11-23(14)29-15(2)30-25(28)31)10-20-18-4-3-5-22(27)21(18)13-32-24-12-17(26)8-9-19(20)24;1-7-4-8-6-10-3-2-9(8)5-7/h3-12H,13H2,1-2H3,(H3,28,29,30,31);7-8H,2-6H2,1H3/b20-10+;/t;7-,8+/m.0/s1. The number of nitrogens with one attached hydrogen (secondary N) is 1. The van der Waals surface area contributed by atoms with Crippen LogP contribution in [0.4, 0.5) is 19.3 Å². The van der Waals surface area contributed by atoms with Crippen molar-refractivity contribution in [2.24, 2.45) is 16.6 Å². The van der Waals surface area contributed by atoms with Gasteiger partial charge in [0.15, 0.2) is 0 Å². The van der Waals surface area contributed by atoms with Gasteiger partial charge in [0.2, 0.25) is 0 Å². The number of rotatable bonds is 2. The maximum absolute atomic E-state index is 14.6. The molecular formula is C33H36F2N4O3. The number of ether oxygens (including phenoxy) is 2. The Morgan fingerprint density at radius 1 is 1.14 bits per heavy atom. The van der Waals surface area contributed by atoms with Crippen molar-refractivity contribution in [3.63, 3.8) is 0 Å². The molecule has 0 spiro atoms. The van der Waals surface area contributed by atoms with E-state index in [-0.39, 0.29) is 12.4 Å². The molecule has 0 bridgehead atoms. The first-order chi connectivity index (χ1) is 20.2. The molecule has 7 nitrogen and oxygen atoms in total. The van der Waals surface area contributed by atoms with Gasteiger partial charge in [-0.05, 0) is 78.8 Å². The van der Waals surface area contributed by atoms with Gasteiger partial charge in [-0.2, -0.15) is 0 Å². The number of halogens is 2. The summed E-state index contributed by atoms with van der Waals surface area (Å²) in [5.74, 6) is 0.787. The number of aliphatic imine (C=N–C) groups is 1. The predicted octanol–water partition coefficient (Wildman–Crippen LogP) is 6.20. The molecule has 3 aromatic rings. The van der Waals surface area contributed by atoms with E-state index in [0.717, 1.165) is 42.8 Å². The van der Waals surface area contributed by atoms with E-state index in [1.807, 2.05) is 37.3 Å². The zero-order valence-electron chi connectivity index (χ0n) is 24.1. The Labute approximate surface area is 245 Å². The van der Waals surface area contributed by atoms with Crippen LogP contribution < -0.4 is 15.8 Å². The maximum atomic E-state index is 14.6. The van der Waals surface area contributed by atoms with Crippen LogP contribution in [-0.2, 0) is 11.3 Å². The summed E-state index contributed by atoms with van der Waals surface area (Å²) in [4.78, 5) is 18.1. The number of carbonyl (C=O) groups is 1. The van der Waals surface area contributed by atoms with Gasteiger partial charge in [-0.1, -0.05) is 31.2 Å². The van der Waals surface area contributed by atoms with Crippen LogP contribution in [0.5, 0.6) is 5.75 Å². The molecule has 2 atom stereocenters. The largest absolute Gasteiger partial charge is 0.488 e. The minimum absolute atomic E-state index is 0.00276. The summed E-state index contributed by atoms with van der Waals surface area (Å²) >= 11 is 0. The molecule has 6 rings (SSSR count). The van der Waals surface area contributed by atoms with Crippen molar-refractivity contribution in [2.45, 2.75) is 39.8 Å². The SMILES string of the molecule is CC(=Nc1cc(/C=C2/c3ccc(F)cc3OCc3c(F)cccc32)ccc1C)NC(N)=O.C[C@H]1C[C@@H]2COCCN2C1. The van der Waals surface area contributed by atoms with Crippen molar-refractivity contribution in [1.29, 1.82) is 0 Å². The molecule has 42 heavy (non-hydrogen) atoms. The molecule has 0 saturated carbocycles. The Hall–Kier alpha value is -4.08. The van der Waals surface area contributed by atoms with Crippen LogP contribution in [0, 0.1) is 24.5 Å². The lowest BCUT2D eigenvalue weighted by Crippen LogP contribution is -2.40. The van der Waals surface area contributed by atoms with E-state index in [0.29, 0.717) is 39.5 Å². The fourth-order valence-corrected chi connectivity index (χ4v) is 5.72. The van der Waals surface area contributed by atoms with Crippen LogP contribution in [0.1, 0.15) is 48.1 Å². The van der Waals surface area contributed by atoms with Crippen LogP contribution >= 0.6 is 0 Å². The van der Waals surface area contributed by atoms with Gasteiger partial charge in [0.25, 0.3) is 0 Å². The van der Waals surface area contributed by atoms with Crippen molar-refractivity contribution >= 4 is 29.2 Å². The Kier molecular flexibility index (Phi) is 8.99. The van der Waals surface area contributed by atoms with Crippen molar-refractivity contribution in [1.82, 2.24) is 10.2 Å². The molecule has 0 aliphatic carbocycles. The Morgan fingerprint density at radius 2 is 1.98 bits per heavy atom. The number of primary amides is 1. The highest BCUT2D eigenvalue weighted by atomic mass is 19.1. The van der Waals surface area contributed by atoms with E-state index in [2.05, 4.69) is 22.1 Å². The lowest BCUT2D eigenvalue weighted by atomic mass is 9.92. The molecule has 3 aliphatic rings. The predicted molar refractivity (Wildman–Crippen MR) is 161 cm³/mol. The topological polar surface area (TPSA) is 89.2 Å². The van der Waals surface area contributed by atoms with E-state index in [1.165, 1.54) is 31.2 Å². The van der Waals surface area contributed by atoms with Gasteiger partial charge in [-0.15, -0.1) is 0 Å². The van der Waals surface area contributed by atoms with Crippen LogP contribution in [0.25, 0.3) is 11.6 Å². The molecule has 3 heterocycles. The second-order valence-electron chi connectivity index (χ2n) is 11.1. The average molecular weight is 575 g/mol. The first-order valence-corrected chi connectivity index (χ1v) is 14.1. The molecule has 0 aromatic heterocycles. The molecule has 0 unspecified atom stereocenters. The number of nitrogens with two attached hydrogens (primary N) is 1. The Morgan fingerprint density at radius 3 is 2.76 bits per heavy atom. The highest BCUT2D eigenvalue weighted by Crippen LogP contribution is 2.39. The quantitative estimate of drug-likeness (QED) is 0.282. The lowest BCUT2D eigenvalue weighted by molar-refractivity contribution is 0.0128. The molecular weight excluding hydrogens is 538 g/mol. The van der Waals surface area contributed by atoms with Crippen LogP contribution in [0.3, 0.4) is 0 Å². The number of benzene rings is 3. The third kappa shape index (κ3) is 6.86. The van der Waals surface area contributed by atoms with Gasteiger partial charge in [0.1, 0.15) is 29.8 Å². The number of fused-ring (bicyclic) bond motifs is 3. The normalized spacial score (nSPS) is 20.8. The molecule has 220 valence electrons. The zero-order valence-corrected chi connectivity index (χ0v) is 24.1. The van der Waals surface area contributed by atoms with Gasteiger partial charge in [-0.3, -0.25) is 10.2 Å². The van der Waals surface area contributed by atoms with Crippen molar-refractivity contribution in [2.75, 3.05) is 26.3 Å². The molecule has 3 N–H and O–H groups in total. The van der Waals surface area contributed by atoms with E-state index >= 15 is 0 Å². The highest BCUT2D eigenvalue weighted by Gasteiger charge is 2.31. The Bertz CT molecular complexity index is 1520. The van der Waals surface area contributed by atoms with Crippen molar-refractivity contribution in [3.05, 3.63) is 94.0 Å². The van der Waals surface area contributed by atoms with Gasteiger partial charge in [0, 0.05) is 36.3 Å². The summed E-state index contributed by atoms with van der Waals surface area (Å²) in [6, 6.07) is 14.8. The van der Waals surface area contributed by atoms with Crippen molar-refractivity contribution in [3.8, 4) is 5.75 Å². The fourth-order valence-electron chi connectivity index (χ4n) is 5.72. The second kappa shape index (κ2) is 12.8. The number of nitrogens with zero attached hydrogens (tertiary/aromatic N) is 2. The number of urea groups is 1. The van der Waals surface area contributed by atoms with Gasteiger partial charge in [-0.25, -0.2) is 18.6 Å². The van der Waals surface area contributed by atoms with Crippen LogP contribution in [-0.4, -0.2) is 49.1 Å². The smallest absolute Gasteiger partial charge is 0.317 e. The molecule has 2 saturated heterocycles. The molecule has 9 heteroatoms. The number of morpholine rings is 1. The summed E-state index contributed by atoms with van der Waals surface area (Å²) in [6.07, 6.45) is 3.24. The average Bonchev–Trinajstić information content (AvgIpc) is 3.25. The van der Waals surface area contributed by atoms with Gasteiger partial charge < -0.3 is 15.2 Å². The summed E-state index contributed by atoms with van der Waals surface area (Å²) in [7, 11) is 0. The summed E-state index contributed by atoms with van der Waals surface area (Å²) in [5, 5.41) is 2.44. The number of amidine groups is 1. The van der Waals surface area contributed by atoms with Crippen molar-refractivity contribution < 1.29 is 23.0 Å². The van der Waals surface area contributed by atoms with E-state index in [1.54, 1.807) is 19.1 Å². The Balaban J connectivity index is 0.000000295. The highest BCUT2D eigenvalue weighted by molar-refractivity contribution is 5.97. The first kappa shape index (κ1) is 29.4. The number of hydrogen-bond donors (Lipinski definition) is 2. The van der Waals surface area contributed by atoms with Gasteiger partial charge >= 0.3 is 6.03 Å². The van der Waals surface area contributed by atoms with Gasteiger partial charge in [0.05, 0.1) is 18.9 Å². The van der Waals surface area contributed by atoms with Crippen LogP contribution in [0.2, 0.25) is 0 Å². The maximum Gasteiger partial charge on any atom is 0.317 e. The number of carbonyl (C=O) groups excluding carboxylic acids is 1. The van der Waals surface area contributed by atoms with Crippen LogP contribution in [0.15, 0.2) is 59.6 Å². The molecule has 2 fully saturated rings. The molecule has 0 radical (unpaired) electrons. The number of hydrogen-bond acceptors (Lipinski definition) is 5. The van der Waals surface area contributed by atoms with E-state index in [4.69, 9.17) is 15.2 Å². The monoisotopic (exact) mass is 574 g/mol. The second-order valence-corrected chi connectivity index (χ2v) is 11.1. The fraction of sp³-hybridized carbons (Fsp3) is 0.333. The third-order valence-electron chi connectivity index (χ3n) is 7.72. The molecule has 3 aliphatic heterocycles. The summed E-state index contributed by atoms with van der Waals surface area (Å²) in [5.41, 5.74) is 9.94. The van der Waals surface area contributed by atoms with E-state index < -0.39 is 11.8 Å². The first-order valence-electron chi connectivity index (χ1n) is 14.1. The minimum atomic E-state index is -0.692.